The van der Waals surface area contributed by atoms with Crippen molar-refractivity contribution in [3.8, 4) is 0 Å². The Bertz CT molecular complexity index is 1090. The Labute approximate surface area is 130 Å². The Balaban J connectivity index is 2.28. The van der Waals surface area contributed by atoms with E-state index in [1.54, 1.807) is 0 Å². The first-order chi connectivity index (χ1) is 10.8. The molecule has 0 amide bonds. The number of halogens is 2. The maximum absolute atomic E-state index is 13.6. The van der Waals surface area contributed by atoms with E-state index in [-0.39, 0.29) is 10.3 Å². The number of fused-ring (bicyclic) bond motifs is 1. The summed E-state index contributed by atoms with van der Waals surface area (Å²) in [6, 6.07) is 6.86. The first-order valence-electron chi connectivity index (χ1n) is 6.63. The number of pyridine rings is 1. The lowest BCUT2D eigenvalue weighted by Crippen LogP contribution is -2.16. The van der Waals surface area contributed by atoms with Gasteiger partial charge in [-0.2, -0.15) is 0 Å². The molecule has 1 N–H and O–H groups in total. The zero-order chi connectivity index (χ0) is 16.8. The first-order valence-corrected chi connectivity index (χ1v) is 8.11. The zero-order valence-corrected chi connectivity index (χ0v) is 12.7. The predicted octanol–water partition coefficient (Wildman–Crippen LogP) is 2.95. The van der Waals surface area contributed by atoms with Gasteiger partial charge in [0.15, 0.2) is 0 Å². The zero-order valence-electron chi connectivity index (χ0n) is 11.9. The molecule has 3 aromatic rings. The number of sulfone groups is 1. The molecule has 0 unspecified atom stereocenters. The normalized spacial score (nSPS) is 11.8. The van der Waals surface area contributed by atoms with Crippen molar-refractivity contribution in [2.45, 2.75) is 16.7 Å². The maximum atomic E-state index is 13.6. The molecule has 4 nitrogen and oxygen atoms in total. The average Bonchev–Trinajstić information content (AvgIpc) is 2.50. The summed E-state index contributed by atoms with van der Waals surface area (Å²) in [5.41, 5.74) is -0.233. The molecule has 1 aromatic heterocycles. The third-order valence-corrected chi connectivity index (χ3v) is 5.31. The molecule has 0 bridgehead atoms. The van der Waals surface area contributed by atoms with Crippen molar-refractivity contribution in [1.82, 2.24) is 4.98 Å². The Kier molecular flexibility index (Phi) is 3.52. The van der Waals surface area contributed by atoms with Crippen LogP contribution in [-0.4, -0.2) is 13.4 Å². The molecule has 3 rings (SSSR count). The minimum absolute atomic E-state index is 0.0846. The molecule has 1 heterocycles. The van der Waals surface area contributed by atoms with Crippen molar-refractivity contribution in [2.75, 3.05) is 0 Å². The molecule has 23 heavy (non-hydrogen) atoms. The topological polar surface area (TPSA) is 67.0 Å². The molecule has 0 aliphatic rings. The summed E-state index contributed by atoms with van der Waals surface area (Å²) >= 11 is 0. The first kappa shape index (κ1) is 15.4. The van der Waals surface area contributed by atoms with E-state index in [0.717, 1.165) is 24.4 Å². The Morgan fingerprint density at radius 2 is 1.78 bits per heavy atom. The summed E-state index contributed by atoms with van der Waals surface area (Å²) < 4.78 is 52.1. The van der Waals surface area contributed by atoms with Crippen molar-refractivity contribution < 1.29 is 17.2 Å². The largest absolute Gasteiger partial charge is 0.360 e. The molecule has 2 aromatic carbocycles. The number of H-pyrrole nitrogens is 1. The van der Waals surface area contributed by atoms with Gasteiger partial charge in [0, 0.05) is 17.1 Å². The second kappa shape index (κ2) is 5.27. The lowest BCUT2D eigenvalue weighted by Gasteiger charge is -2.07. The van der Waals surface area contributed by atoms with Gasteiger partial charge in [-0.05, 0) is 42.8 Å². The molecular weight excluding hydrogens is 324 g/mol. The minimum atomic E-state index is -4.22. The van der Waals surface area contributed by atoms with Crippen LogP contribution in [0.4, 0.5) is 8.78 Å². The summed E-state index contributed by atoms with van der Waals surface area (Å²) in [5, 5.41) is -0.0846. The van der Waals surface area contributed by atoms with Gasteiger partial charge in [0.05, 0.1) is 4.90 Å². The van der Waals surface area contributed by atoms with Crippen LogP contribution in [0.1, 0.15) is 5.56 Å². The van der Waals surface area contributed by atoms with Gasteiger partial charge in [0.2, 0.25) is 15.3 Å². The number of hydrogen-bond donors (Lipinski definition) is 1. The summed E-state index contributed by atoms with van der Waals surface area (Å²) in [5.74, 6) is -1.34. The number of aromatic amines is 1. The highest BCUT2D eigenvalue weighted by Gasteiger charge is 2.23. The molecule has 0 aliphatic carbocycles. The van der Waals surface area contributed by atoms with Crippen LogP contribution in [0.5, 0.6) is 0 Å². The molecule has 0 atom stereocenters. The molecule has 7 heteroatoms. The number of aryl methyl sites for hydroxylation is 1. The van der Waals surface area contributed by atoms with E-state index in [9.17, 15) is 22.0 Å². The number of hydrogen-bond acceptors (Lipinski definition) is 3. The van der Waals surface area contributed by atoms with Crippen molar-refractivity contribution >= 4 is 20.7 Å². The molecule has 0 fully saturated rings. The van der Waals surface area contributed by atoms with Gasteiger partial charge >= 0.3 is 0 Å². The summed E-state index contributed by atoms with van der Waals surface area (Å²) in [6.45, 7) is 1.50. The fourth-order valence-electron chi connectivity index (χ4n) is 2.24. The van der Waals surface area contributed by atoms with E-state index in [1.807, 2.05) is 0 Å². The lowest BCUT2D eigenvalue weighted by molar-refractivity contribution is 0.588. The number of nitrogens with one attached hydrogen (secondary N) is 1. The van der Waals surface area contributed by atoms with Crippen LogP contribution >= 0.6 is 0 Å². The molecular formula is C16H11F2NO3S. The third-order valence-electron chi connectivity index (χ3n) is 3.55. The van der Waals surface area contributed by atoms with Gasteiger partial charge in [0.1, 0.15) is 16.5 Å². The van der Waals surface area contributed by atoms with Crippen LogP contribution < -0.4 is 5.43 Å². The fourth-order valence-corrected chi connectivity index (χ4v) is 3.57. The van der Waals surface area contributed by atoms with Crippen molar-refractivity contribution in [1.29, 1.82) is 0 Å². The lowest BCUT2D eigenvalue weighted by atomic mass is 10.2. The number of rotatable bonds is 2. The predicted molar refractivity (Wildman–Crippen MR) is 81.1 cm³/mol. The molecule has 0 saturated carbocycles. The van der Waals surface area contributed by atoms with Crippen LogP contribution in [0.15, 0.2) is 57.2 Å². The van der Waals surface area contributed by atoms with E-state index in [1.165, 1.54) is 25.1 Å². The quantitative estimate of drug-likeness (QED) is 0.783. The van der Waals surface area contributed by atoms with E-state index in [4.69, 9.17) is 0 Å². The summed E-state index contributed by atoms with van der Waals surface area (Å²) in [7, 11) is -4.22. The maximum Gasteiger partial charge on any atom is 0.212 e. The highest BCUT2D eigenvalue weighted by molar-refractivity contribution is 7.91. The molecule has 0 radical (unpaired) electrons. The van der Waals surface area contributed by atoms with Gasteiger partial charge in [0.25, 0.3) is 0 Å². The van der Waals surface area contributed by atoms with Crippen LogP contribution in [-0.2, 0) is 9.84 Å². The second-order valence-corrected chi connectivity index (χ2v) is 7.00. The van der Waals surface area contributed by atoms with Gasteiger partial charge in [-0.25, -0.2) is 17.2 Å². The van der Waals surface area contributed by atoms with E-state index in [0.29, 0.717) is 11.1 Å². The van der Waals surface area contributed by atoms with E-state index >= 15 is 0 Å². The van der Waals surface area contributed by atoms with Gasteiger partial charge in [-0.3, -0.25) is 4.79 Å². The highest BCUT2D eigenvalue weighted by Crippen LogP contribution is 2.21. The monoisotopic (exact) mass is 335 g/mol. The fraction of sp³-hybridized carbons (Fsp3) is 0.0625. The number of aromatic nitrogens is 1. The van der Waals surface area contributed by atoms with Gasteiger partial charge in [-0.15, -0.1) is 0 Å². The third kappa shape index (κ3) is 2.53. The molecule has 0 aliphatic heterocycles. The smallest absolute Gasteiger partial charge is 0.212 e. The van der Waals surface area contributed by atoms with Crippen LogP contribution in [0.3, 0.4) is 0 Å². The molecule has 118 valence electrons. The Hall–Kier alpha value is -2.54. The standard InChI is InChI=1S/C16H11F2NO3S/c1-9-2-4-11(7-13(9)18)23(21,22)15-8-19-14-5-3-10(17)6-12(14)16(15)20/h2-8H,1H3,(H,19,20). The van der Waals surface area contributed by atoms with Crippen LogP contribution in [0.25, 0.3) is 10.9 Å². The molecule has 0 saturated heterocycles. The Morgan fingerprint density at radius 3 is 2.48 bits per heavy atom. The Morgan fingerprint density at radius 1 is 1.04 bits per heavy atom. The molecule has 0 spiro atoms. The van der Waals surface area contributed by atoms with Crippen molar-refractivity contribution in [3.05, 3.63) is 70.0 Å². The van der Waals surface area contributed by atoms with Crippen molar-refractivity contribution in [2.24, 2.45) is 0 Å². The van der Waals surface area contributed by atoms with E-state index < -0.39 is 31.8 Å². The highest BCUT2D eigenvalue weighted by atomic mass is 32.2. The van der Waals surface area contributed by atoms with Crippen molar-refractivity contribution in [3.63, 3.8) is 0 Å². The van der Waals surface area contributed by atoms with Gasteiger partial charge < -0.3 is 4.98 Å². The second-order valence-electron chi connectivity index (χ2n) is 5.09. The van der Waals surface area contributed by atoms with E-state index in [2.05, 4.69) is 4.98 Å². The van der Waals surface area contributed by atoms with Crippen LogP contribution in [0, 0.1) is 18.6 Å². The minimum Gasteiger partial charge on any atom is -0.360 e. The number of benzene rings is 2. The van der Waals surface area contributed by atoms with Gasteiger partial charge in [-0.1, -0.05) is 6.07 Å². The summed E-state index contributed by atoms with van der Waals surface area (Å²) in [6.07, 6.45) is 1.04. The summed E-state index contributed by atoms with van der Waals surface area (Å²) in [4.78, 5) is 14.2. The average molecular weight is 335 g/mol. The SMILES string of the molecule is Cc1ccc(S(=O)(=O)c2c[nH]c3ccc(F)cc3c2=O)cc1F. The van der Waals surface area contributed by atoms with Crippen LogP contribution in [0.2, 0.25) is 0 Å².